The number of carbonyl (C=O) groups is 2. The third kappa shape index (κ3) is 1.85. The predicted octanol–water partition coefficient (Wildman–Crippen LogP) is -1.14. The van der Waals surface area contributed by atoms with Gasteiger partial charge in [-0.2, -0.15) is 0 Å². The Labute approximate surface area is 115 Å². The maximum Gasteiger partial charge on any atom is 0.310 e. The van der Waals surface area contributed by atoms with E-state index in [0.717, 1.165) is 0 Å². The maximum absolute atomic E-state index is 12.4. The van der Waals surface area contributed by atoms with Gasteiger partial charge in [-0.3, -0.25) is 9.59 Å². The summed E-state index contributed by atoms with van der Waals surface area (Å²) in [6, 6.07) is 0. The van der Waals surface area contributed by atoms with Crippen molar-refractivity contribution in [1.29, 1.82) is 0 Å². The van der Waals surface area contributed by atoms with Crippen molar-refractivity contribution in [3.8, 4) is 0 Å². The van der Waals surface area contributed by atoms with Crippen LogP contribution < -0.4 is 0 Å². The lowest BCUT2D eigenvalue weighted by Crippen LogP contribution is -2.39. The van der Waals surface area contributed by atoms with E-state index in [4.69, 9.17) is 14.6 Å². The highest BCUT2D eigenvalue weighted by Gasteiger charge is 2.66. The molecule has 4 atom stereocenters. The number of aliphatic hydroxyl groups is 1. The van der Waals surface area contributed by atoms with Crippen LogP contribution in [-0.4, -0.2) is 71.6 Å². The number of fused-ring (bicyclic) bond motifs is 1. The maximum atomic E-state index is 12.4. The molecule has 4 unspecified atom stereocenters. The fraction of sp³-hybridized carbons (Fsp3) is 0.692. The Morgan fingerprint density at radius 3 is 3.05 bits per heavy atom. The van der Waals surface area contributed by atoms with Gasteiger partial charge in [-0.25, -0.2) is 0 Å². The van der Waals surface area contributed by atoms with Gasteiger partial charge in [0.25, 0.3) is 0 Å². The first-order chi connectivity index (χ1) is 9.59. The van der Waals surface area contributed by atoms with Gasteiger partial charge in [-0.05, 0) is 0 Å². The standard InChI is InChI=1S/C13H17NO6/c15-4-6-19-5-3-14-7-13-2-1-8(20-13)9(12(17)18)10(13)11(14)16/h1-2,8-10,15H,3-7H2,(H,17,18). The van der Waals surface area contributed by atoms with Crippen LogP contribution in [0.5, 0.6) is 0 Å². The van der Waals surface area contributed by atoms with Crippen molar-refractivity contribution in [3.63, 3.8) is 0 Å². The molecule has 0 aliphatic carbocycles. The fourth-order valence-corrected chi connectivity index (χ4v) is 3.39. The number of carbonyl (C=O) groups excluding carboxylic acids is 1. The molecule has 3 aliphatic heterocycles. The van der Waals surface area contributed by atoms with Crippen molar-refractivity contribution in [2.75, 3.05) is 32.9 Å². The van der Waals surface area contributed by atoms with Crippen LogP contribution in [0, 0.1) is 11.8 Å². The minimum atomic E-state index is -0.988. The Balaban J connectivity index is 1.70. The van der Waals surface area contributed by atoms with Gasteiger partial charge in [0.15, 0.2) is 0 Å². The van der Waals surface area contributed by atoms with E-state index in [9.17, 15) is 14.7 Å². The molecule has 0 radical (unpaired) electrons. The van der Waals surface area contributed by atoms with Crippen molar-refractivity contribution >= 4 is 11.9 Å². The summed E-state index contributed by atoms with van der Waals surface area (Å²) in [5.74, 6) is -2.60. The predicted molar refractivity (Wildman–Crippen MR) is 65.8 cm³/mol. The van der Waals surface area contributed by atoms with Crippen molar-refractivity contribution in [2.45, 2.75) is 11.7 Å². The van der Waals surface area contributed by atoms with Crippen LogP contribution in [0.15, 0.2) is 12.2 Å². The highest BCUT2D eigenvalue weighted by Crippen LogP contribution is 2.51. The molecule has 0 aromatic heterocycles. The number of hydrogen-bond donors (Lipinski definition) is 2. The lowest BCUT2D eigenvalue weighted by atomic mass is 9.77. The molecule has 20 heavy (non-hydrogen) atoms. The van der Waals surface area contributed by atoms with Crippen LogP contribution in [0.2, 0.25) is 0 Å². The molecule has 2 saturated heterocycles. The highest BCUT2D eigenvalue weighted by molar-refractivity contribution is 5.90. The largest absolute Gasteiger partial charge is 0.481 e. The molecular weight excluding hydrogens is 266 g/mol. The van der Waals surface area contributed by atoms with E-state index in [1.165, 1.54) is 0 Å². The van der Waals surface area contributed by atoms with Crippen LogP contribution >= 0.6 is 0 Å². The molecule has 7 nitrogen and oxygen atoms in total. The van der Waals surface area contributed by atoms with Crippen LogP contribution in [0.25, 0.3) is 0 Å². The van der Waals surface area contributed by atoms with E-state index in [2.05, 4.69) is 0 Å². The van der Waals surface area contributed by atoms with Gasteiger partial charge in [-0.1, -0.05) is 12.2 Å². The quantitative estimate of drug-likeness (QED) is 0.472. The SMILES string of the molecule is O=C(O)C1C2C=CC3(CN(CCOCCO)C(=O)C13)O2. The zero-order valence-corrected chi connectivity index (χ0v) is 10.9. The molecule has 3 rings (SSSR count). The van der Waals surface area contributed by atoms with Gasteiger partial charge in [0.2, 0.25) is 5.91 Å². The highest BCUT2D eigenvalue weighted by atomic mass is 16.5. The summed E-state index contributed by atoms with van der Waals surface area (Å²) in [6.07, 6.45) is 3.08. The molecule has 2 bridgehead atoms. The average molecular weight is 283 g/mol. The summed E-state index contributed by atoms with van der Waals surface area (Å²) in [6.45, 7) is 1.24. The third-order valence-electron chi connectivity index (χ3n) is 4.21. The Kier molecular flexibility index (Phi) is 3.27. The van der Waals surface area contributed by atoms with Gasteiger partial charge < -0.3 is 24.6 Å². The summed E-state index contributed by atoms with van der Waals surface area (Å²) in [4.78, 5) is 25.3. The number of hydrogen-bond acceptors (Lipinski definition) is 5. The van der Waals surface area contributed by atoms with E-state index in [-0.39, 0.29) is 19.1 Å². The number of nitrogens with zero attached hydrogens (tertiary/aromatic N) is 1. The van der Waals surface area contributed by atoms with E-state index in [0.29, 0.717) is 19.7 Å². The van der Waals surface area contributed by atoms with Crippen LogP contribution in [0.1, 0.15) is 0 Å². The lowest BCUT2D eigenvalue weighted by Gasteiger charge is -2.21. The van der Waals surface area contributed by atoms with E-state index >= 15 is 0 Å². The molecule has 2 N–H and O–H groups in total. The molecule has 0 saturated carbocycles. The zero-order chi connectivity index (χ0) is 14.3. The molecule has 3 aliphatic rings. The normalized spacial score (nSPS) is 37.8. The summed E-state index contributed by atoms with van der Waals surface area (Å²) in [7, 11) is 0. The number of aliphatic carboxylic acids is 1. The van der Waals surface area contributed by atoms with Crippen molar-refractivity contribution in [3.05, 3.63) is 12.2 Å². The Bertz CT molecular complexity index is 464. The fourth-order valence-electron chi connectivity index (χ4n) is 3.39. The van der Waals surface area contributed by atoms with Gasteiger partial charge in [0, 0.05) is 6.54 Å². The number of likely N-dealkylation sites (tertiary alicyclic amines) is 1. The Hall–Kier alpha value is -1.44. The van der Waals surface area contributed by atoms with Crippen LogP contribution in [-0.2, 0) is 19.1 Å². The molecule has 3 heterocycles. The Morgan fingerprint density at radius 2 is 2.35 bits per heavy atom. The summed E-state index contributed by atoms with van der Waals surface area (Å²) in [5, 5.41) is 17.9. The summed E-state index contributed by atoms with van der Waals surface area (Å²) >= 11 is 0. The van der Waals surface area contributed by atoms with Crippen molar-refractivity contribution in [2.24, 2.45) is 11.8 Å². The van der Waals surface area contributed by atoms with Gasteiger partial charge in [-0.15, -0.1) is 0 Å². The second-order valence-electron chi connectivity index (χ2n) is 5.33. The van der Waals surface area contributed by atoms with Crippen molar-refractivity contribution < 1.29 is 29.3 Å². The minimum Gasteiger partial charge on any atom is -0.481 e. The number of carboxylic acid groups (broad SMARTS) is 1. The van der Waals surface area contributed by atoms with E-state index in [1.807, 2.05) is 6.08 Å². The van der Waals surface area contributed by atoms with E-state index < -0.39 is 29.5 Å². The number of aliphatic hydroxyl groups excluding tert-OH is 1. The van der Waals surface area contributed by atoms with Gasteiger partial charge in [0.05, 0.1) is 38.4 Å². The molecule has 110 valence electrons. The van der Waals surface area contributed by atoms with Crippen LogP contribution in [0.4, 0.5) is 0 Å². The summed E-state index contributed by atoms with van der Waals surface area (Å²) < 4.78 is 10.9. The minimum absolute atomic E-state index is 0.0604. The second-order valence-corrected chi connectivity index (χ2v) is 5.33. The Morgan fingerprint density at radius 1 is 1.55 bits per heavy atom. The smallest absolute Gasteiger partial charge is 0.310 e. The molecular formula is C13H17NO6. The molecule has 1 spiro atoms. The molecule has 1 amide bonds. The van der Waals surface area contributed by atoms with E-state index in [1.54, 1.807) is 11.0 Å². The number of carboxylic acids is 1. The monoisotopic (exact) mass is 283 g/mol. The van der Waals surface area contributed by atoms with Gasteiger partial charge >= 0.3 is 5.97 Å². The van der Waals surface area contributed by atoms with Gasteiger partial charge in [0.1, 0.15) is 11.5 Å². The first-order valence-corrected chi connectivity index (χ1v) is 6.66. The zero-order valence-electron chi connectivity index (χ0n) is 10.9. The lowest BCUT2D eigenvalue weighted by molar-refractivity contribution is -0.148. The topological polar surface area (TPSA) is 96.3 Å². The average Bonchev–Trinajstić information content (AvgIpc) is 3.03. The third-order valence-corrected chi connectivity index (χ3v) is 4.21. The summed E-state index contributed by atoms with van der Waals surface area (Å²) in [5.41, 5.74) is -0.776. The first-order valence-electron chi connectivity index (χ1n) is 6.66. The number of rotatable bonds is 6. The molecule has 7 heteroatoms. The molecule has 0 aromatic carbocycles. The number of amides is 1. The number of ether oxygens (including phenoxy) is 2. The first kappa shape index (κ1) is 13.5. The molecule has 2 fully saturated rings. The van der Waals surface area contributed by atoms with Crippen LogP contribution in [0.3, 0.4) is 0 Å². The molecule has 0 aromatic rings. The second kappa shape index (κ2) is 4.83. The van der Waals surface area contributed by atoms with Crippen molar-refractivity contribution in [1.82, 2.24) is 4.90 Å².